The molecule has 0 fully saturated rings. The summed E-state index contributed by atoms with van der Waals surface area (Å²) in [5.41, 5.74) is 2.25. The highest BCUT2D eigenvalue weighted by atomic mass is 16.3. The van der Waals surface area contributed by atoms with Crippen LogP contribution in [0.5, 0.6) is 5.75 Å². The maximum atomic E-state index is 9.21. The Kier molecular flexibility index (Phi) is 1.67. The molecule has 1 aliphatic rings. The first-order chi connectivity index (χ1) is 5.86. The highest BCUT2D eigenvalue weighted by Crippen LogP contribution is 2.19. The molecular formula is C10H9NO. The number of aliphatic imine (C=N–C) groups is 1. The third kappa shape index (κ3) is 1.23. The van der Waals surface area contributed by atoms with E-state index in [9.17, 15) is 5.11 Å². The first-order valence-corrected chi connectivity index (χ1v) is 3.86. The number of aromatic hydroxyl groups is 1. The lowest BCUT2D eigenvalue weighted by Crippen LogP contribution is -1.87. The van der Waals surface area contributed by atoms with Crippen LogP contribution in [0.15, 0.2) is 29.4 Å². The summed E-state index contributed by atoms with van der Waals surface area (Å²) in [6.45, 7) is 0. The summed E-state index contributed by atoms with van der Waals surface area (Å²) in [6.07, 6.45) is 6.34. The quantitative estimate of drug-likeness (QED) is 0.616. The van der Waals surface area contributed by atoms with Crippen LogP contribution in [-0.2, 0) is 6.42 Å². The number of phenols is 1. The van der Waals surface area contributed by atoms with Crippen molar-refractivity contribution in [1.82, 2.24) is 0 Å². The molecule has 1 heterocycles. The third-order valence-electron chi connectivity index (χ3n) is 1.89. The van der Waals surface area contributed by atoms with Gasteiger partial charge in [-0.05, 0) is 29.3 Å². The fraction of sp³-hybridized carbons (Fsp3) is 0.100. The zero-order valence-electron chi connectivity index (χ0n) is 6.57. The number of benzene rings is 1. The lowest BCUT2D eigenvalue weighted by molar-refractivity contribution is 0.475. The molecule has 1 aliphatic heterocycles. The van der Waals surface area contributed by atoms with Crippen molar-refractivity contribution in [2.24, 2.45) is 4.99 Å². The number of nitrogens with zero attached hydrogens (tertiary/aromatic N) is 1. The van der Waals surface area contributed by atoms with Gasteiger partial charge in [-0.1, -0.05) is 6.07 Å². The van der Waals surface area contributed by atoms with Gasteiger partial charge in [0.25, 0.3) is 0 Å². The van der Waals surface area contributed by atoms with Gasteiger partial charge in [0.15, 0.2) is 0 Å². The van der Waals surface area contributed by atoms with Crippen LogP contribution in [0.25, 0.3) is 6.08 Å². The van der Waals surface area contributed by atoms with Crippen LogP contribution in [0.3, 0.4) is 0 Å². The summed E-state index contributed by atoms with van der Waals surface area (Å²) in [4.78, 5) is 4.03. The molecule has 0 radical (unpaired) electrons. The molecule has 60 valence electrons. The van der Waals surface area contributed by atoms with E-state index in [1.54, 1.807) is 18.3 Å². The molecule has 0 unspecified atom stereocenters. The van der Waals surface area contributed by atoms with Crippen molar-refractivity contribution in [3.63, 3.8) is 0 Å². The first-order valence-electron chi connectivity index (χ1n) is 3.86. The Balaban J connectivity index is 2.53. The monoisotopic (exact) mass is 159 g/mol. The van der Waals surface area contributed by atoms with Crippen LogP contribution >= 0.6 is 0 Å². The van der Waals surface area contributed by atoms with Gasteiger partial charge in [-0.25, -0.2) is 0 Å². The van der Waals surface area contributed by atoms with Crippen LogP contribution in [0.2, 0.25) is 0 Å². The lowest BCUT2D eigenvalue weighted by atomic mass is 10.1. The SMILES string of the molecule is Oc1ccc2c(c1)C=CN=CC2. The minimum atomic E-state index is 0.306. The Bertz CT molecular complexity index is 353. The van der Waals surface area contributed by atoms with Gasteiger partial charge < -0.3 is 5.11 Å². The summed E-state index contributed by atoms with van der Waals surface area (Å²) in [5.74, 6) is 0.306. The standard InChI is InChI=1S/C10H9NO/c12-10-2-1-8-3-5-11-6-4-9(8)7-10/h1-2,4-7,12H,3H2. The normalized spacial score (nSPS) is 14.0. The number of hydrogen-bond donors (Lipinski definition) is 1. The molecule has 0 saturated heterocycles. The van der Waals surface area contributed by atoms with Crippen LogP contribution in [0.4, 0.5) is 0 Å². The molecule has 0 aliphatic carbocycles. The van der Waals surface area contributed by atoms with Gasteiger partial charge in [-0.15, -0.1) is 0 Å². The van der Waals surface area contributed by atoms with E-state index in [4.69, 9.17) is 0 Å². The van der Waals surface area contributed by atoms with Gasteiger partial charge in [0.2, 0.25) is 0 Å². The van der Waals surface area contributed by atoms with Crippen molar-refractivity contribution in [2.75, 3.05) is 0 Å². The van der Waals surface area contributed by atoms with Crippen molar-refractivity contribution < 1.29 is 5.11 Å². The van der Waals surface area contributed by atoms with E-state index in [1.165, 1.54) is 5.56 Å². The van der Waals surface area contributed by atoms with Crippen molar-refractivity contribution in [3.8, 4) is 5.75 Å². The Morgan fingerprint density at radius 3 is 3.17 bits per heavy atom. The maximum absolute atomic E-state index is 9.21. The fourth-order valence-electron chi connectivity index (χ4n) is 1.26. The number of hydrogen-bond acceptors (Lipinski definition) is 2. The summed E-state index contributed by atoms with van der Waals surface area (Å²) in [6, 6.07) is 5.37. The molecule has 0 amide bonds. The summed E-state index contributed by atoms with van der Waals surface area (Å²) >= 11 is 0. The van der Waals surface area contributed by atoms with Gasteiger partial charge in [-0.3, -0.25) is 4.99 Å². The fourth-order valence-corrected chi connectivity index (χ4v) is 1.26. The second-order valence-electron chi connectivity index (χ2n) is 2.73. The second kappa shape index (κ2) is 2.81. The second-order valence-corrected chi connectivity index (χ2v) is 2.73. The van der Waals surface area contributed by atoms with E-state index in [2.05, 4.69) is 4.99 Å². The van der Waals surface area contributed by atoms with Gasteiger partial charge in [0, 0.05) is 18.8 Å². The van der Waals surface area contributed by atoms with E-state index < -0.39 is 0 Å². The van der Waals surface area contributed by atoms with Crippen molar-refractivity contribution in [2.45, 2.75) is 6.42 Å². The molecule has 0 aromatic heterocycles. The van der Waals surface area contributed by atoms with Crippen LogP contribution in [0.1, 0.15) is 11.1 Å². The molecule has 1 N–H and O–H groups in total. The largest absolute Gasteiger partial charge is 0.508 e. The molecule has 2 heteroatoms. The molecule has 0 spiro atoms. The average Bonchev–Trinajstić information content (AvgIpc) is 2.28. The molecule has 0 bridgehead atoms. The molecule has 0 saturated carbocycles. The first kappa shape index (κ1) is 7.10. The van der Waals surface area contributed by atoms with Gasteiger partial charge in [-0.2, -0.15) is 0 Å². The van der Waals surface area contributed by atoms with Crippen LogP contribution < -0.4 is 0 Å². The molecule has 2 rings (SSSR count). The van der Waals surface area contributed by atoms with E-state index in [1.807, 2.05) is 18.4 Å². The number of rotatable bonds is 0. The van der Waals surface area contributed by atoms with E-state index in [0.29, 0.717) is 5.75 Å². The van der Waals surface area contributed by atoms with E-state index >= 15 is 0 Å². The van der Waals surface area contributed by atoms with Gasteiger partial charge >= 0.3 is 0 Å². The Hall–Kier alpha value is -1.57. The highest BCUT2D eigenvalue weighted by molar-refractivity contribution is 5.70. The van der Waals surface area contributed by atoms with Crippen molar-refractivity contribution in [3.05, 3.63) is 35.5 Å². The summed E-state index contributed by atoms with van der Waals surface area (Å²) in [7, 11) is 0. The average molecular weight is 159 g/mol. The molecule has 1 aromatic carbocycles. The number of fused-ring (bicyclic) bond motifs is 1. The molecular weight excluding hydrogens is 150 g/mol. The maximum Gasteiger partial charge on any atom is 0.116 e. The number of phenolic OH excluding ortho intramolecular Hbond substituents is 1. The Morgan fingerprint density at radius 2 is 2.25 bits per heavy atom. The Labute approximate surface area is 70.9 Å². The predicted molar refractivity (Wildman–Crippen MR) is 49.3 cm³/mol. The smallest absolute Gasteiger partial charge is 0.116 e. The van der Waals surface area contributed by atoms with Gasteiger partial charge in [0.05, 0.1) is 0 Å². The van der Waals surface area contributed by atoms with Crippen molar-refractivity contribution in [1.29, 1.82) is 0 Å². The zero-order chi connectivity index (χ0) is 8.39. The van der Waals surface area contributed by atoms with Crippen LogP contribution in [-0.4, -0.2) is 11.3 Å². The lowest BCUT2D eigenvalue weighted by Gasteiger charge is -2.01. The third-order valence-corrected chi connectivity index (χ3v) is 1.89. The van der Waals surface area contributed by atoms with E-state index in [-0.39, 0.29) is 0 Å². The minimum Gasteiger partial charge on any atom is -0.508 e. The highest BCUT2D eigenvalue weighted by Gasteiger charge is 2.00. The molecule has 2 nitrogen and oxygen atoms in total. The molecule has 12 heavy (non-hydrogen) atoms. The van der Waals surface area contributed by atoms with E-state index in [0.717, 1.165) is 12.0 Å². The minimum absolute atomic E-state index is 0.306. The molecule has 1 aromatic rings. The Morgan fingerprint density at radius 1 is 1.33 bits per heavy atom. The van der Waals surface area contributed by atoms with Gasteiger partial charge in [0.1, 0.15) is 5.75 Å². The predicted octanol–water partition coefficient (Wildman–Crippen LogP) is 1.99. The topological polar surface area (TPSA) is 32.6 Å². The molecule has 0 atom stereocenters. The summed E-state index contributed by atoms with van der Waals surface area (Å²) < 4.78 is 0. The van der Waals surface area contributed by atoms with Crippen LogP contribution in [0, 0.1) is 0 Å². The van der Waals surface area contributed by atoms with Crippen molar-refractivity contribution >= 4 is 12.3 Å². The zero-order valence-corrected chi connectivity index (χ0v) is 6.57. The summed E-state index contributed by atoms with van der Waals surface area (Å²) in [5, 5.41) is 9.21.